The summed E-state index contributed by atoms with van der Waals surface area (Å²) in [6, 6.07) is 8.25. The van der Waals surface area contributed by atoms with Crippen molar-refractivity contribution in [3.8, 4) is 0 Å². The minimum absolute atomic E-state index is 0.152. The number of carboxylic acid groups (broad SMARTS) is 1. The van der Waals surface area contributed by atoms with Gasteiger partial charge >= 0.3 is 5.97 Å². The maximum Gasteiger partial charge on any atom is 0.352 e. The Bertz CT molecular complexity index is 1010. The molecule has 7 nitrogen and oxygen atoms in total. The van der Waals surface area contributed by atoms with Gasteiger partial charge in [0.15, 0.2) is 0 Å². The number of nitrogens with zero attached hydrogens (tertiary/aromatic N) is 1. The fourth-order valence-electron chi connectivity index (χ4n) is 2.28. The predicted octanol–water partition coefficient (Wildman–Crippen LogP) is 2.37. The van der Waals surface area contributed by atoms with Crippen molar-refractivity contribution >= 4 is 32.6 Å². The first kappa shape index (κ1) is 15.0. The number of hydrogen-bond donors (Lipinski definition) is 3. The lowest BCUT2D eigenvalue weighted by atomic mass is 10.1. The first-order valence-corrected chi connectivity index (χ1v) is 8.15. The highest BCUT2D eigenvalue weighted by atomic mass is 32.2. The first-order chi connectivity index (χ1) is 10.9. The van der Waals surface area contributed by atoms with Crippen molar-refractivity contribution in [2.45, 2.75) is 11.8 Å². The average Bonchev–Trinajstić information content (AvgIpc) is 2.97. The Labute approximate surface area is 132 Å². The number of H-pyrrole nitrogens is 1. The second kappa shape index (κ2) is 5.40. The number of rotatable bonds is 4. The first-order valence-electron chi connectivity index (χ1n) is 6.67. The van der Waals surface area contributed by atoms with Gasteiger partial charge in [-0.3, -0.25) is 9.71 Å². The lowest BCUT2D eigenvalue weighted by molar-refractivity contribution is 0.0691. The van der Waals surface area contributed by atoms with Crippen LogP contribution < -0.4 is 4.72 Å². The minimum Gasteiger partial charge on any atom is -0.477 e. The maximum absolute atomic E-state index is 12.4. The highest BCUT2D eigenvalue weighted by Crippen LogP contribution is 2.26. The summed E-state index contributed by atoms with van der Waals surface area (Å²) in [5, 5.41) is 9.69. The number of aromatic nitrogens is 2. The van der Waals surface area contributed by atoms with Crippen molar-refractivity contribution in [1.29, 1.82) is 0 Å². The molecule has 23 heavy (non-hydrogen) atoms. The van der Waals surface area contributed by atoms with Crippen LogP contribution in [0.3, 0.4) is 0 Å². The summed E-state index contributed by atoms with van der Waals surface area (Å²) in [6.07, 6.45) is 2.71. The van der Waals surface area contributed by atoms with Gasteiger partial charge in [-0.05, 0) is 36.8 Å². The number of fused-ring (bicyclic) bond motifs is 1. The number of aromatic carboxylic acids is 1. The highest BCUT2D eigenvalue weighted by Gasteiger charge is 2.19. The molecular formula is C15H13N3O4S. The molecule has 0 bridgehead atoms. The number of carbonyl (C=O) groups is 1. The molecule has 0 aliphatic rings. The molecule has 0 saturated heterocycles. The molecule has 8 heteroatoms. The number of aromatic amines is 1. The second-order valence-corrected chi connectivity index (χ2v) is 6.73. The largest absolute Gasteiger partial charge is 0.477 e. The van der Waals surface area contributed by atoms with Crippen LogP contribution in [0.5, 0.6) is 0 Å². The van der Waals surface area contributed by atoms with Gasteiger partial charge in [-0.15, -0.1) is 0 Å². The third-order valence-electron chi connectivity index (χ3n) is 3.29. The van der Waals surface area contributed by atoms with Crippen LogP contribution in [0.2, 0.25) is 0 Å². The molecule has 0 unspecified atom stereocenters. The van der Waals surface area contributed by atoms with Crippen molar-refractivity contribution in [3.05, 3.63) is 54.0 Å². The monoisotopic (exact) mass is 331 g/mol. The molecule has 1 aromatic carbocycles. The lowest BCUT2D eigenvalue weighted by Gasteiger charge is -2.10. The Hall–Kier alpha value is -2.87. The summed E-state index contributed by atoms with van der Waals surface area (Å²) in [5.41, 5.74) is 1.55. The van der Waals surface area contributed by atoms with Crippen molar-refractivity contribution in [2.24, 2.45) is 0 Å². The van der Waals surface area contributed by atoms with Crippen molar-refractivity contribution in [1.82, 2.24) is 9.97 Å². The summed E-state index contributed by atoms with van der Waals surface area (Å²) in [5.74, 6) is -1.23. The molecule has 0 atom stereocenters. The van der Waals surface area contributed by atoms with Crippen LogP contribution in [-0.2, 0) is 10.0 Å². The van der Waals surface area contributed by atoms with Gasteiger partial charge in [0.25, 0.3) is 10.0 Å². The highest BCUT2D eigenvalue weighted by molar-refractivity contribution is 7.92. The van der Waals surface area contributed by atoms with Gasteiger partial charge in [0.05, 0.1) is 11.2 Å². The van der Waals surface area contributed by atoms with Crippen LogP contribution in [0, 0.1) is 6.92 Å². The van der Waals surface area contributed by atoms with Crippen molar-refractivity contribution < 1.29 is 18.3 Å². The van der Waals surface area contributed by atoms with Gasteiger partial charge in [-0.2, -0.15) is 0 Å². The quantitative estimate of drug-likeness (QED) is 0.679. The number of carboxylic acids is 1. The van der Waals surface area contributed by atoms with Gasteiger partial charge in [0.2, 0.25) is 0 Å². The van der Waals surface area contributed by atoms with Crippen LogP contribution in [0.1, 0.15) is 16.1 Å². The predicted molar refractivity (Wildman–Crippen MR) is 85.0 cm³/mol. The number of pyridine rings is 1. The number of anilines is 1. The molecule has 0 aliphatic carbocycles. The van der Waals surface area contributed by atoms with Crippen LogP contribution >= 0.6 is 0 Å². The van der Waals surface area contributed by atoms with Gasteiger partial charge in [0, 0.05) is 17.8 Å². The van der Waals surface area contributed by atoms with E-state index in [2.05, 4.69) is 14.7 Å². The van der Waals surface area contributed by atoms with Crippen molar-refractivity contribution in [2.75, 3.05) is 4.72 Å². The SMILES string of the molecule is Cc1cc(NS(=O)(=O)c2c[nH]c(C(=O)O)c2)c2ncccc2c1. The van der Waals surface area contributed by atoms with E-state index < -0.39 is 16.0 Å². The Balaban J connectivity index is 2.05. The summed E-state index contributed by atoms with van der Waals surface area (Å²) in [6.45, 7) is 1.85. The Morgan fingerprint density at radius 2 is 2.09 bits per heavy atom. The smallest absolute Gasteiger partial charge is 0.352 e. The third kappa shape index (κ3) is 2.88. The van der Waals surface area contributed by atoms with E-state index >= 15 is 0 Å². The zero-order valence-corrected chi connectivity index (χ0v) is 12.9. The van der Waals surface area contributed by atoms with Crippen molar-refractivity contribution in [3.63, 3.8) is 0 Å². The van der Waals surface area contributed by atoms with Gasteiger partial charge in [-0.1, -0.05) is 6.07 Å². The lowest BCUT2D eigenvalue weighted by Crippen LogP contribution is -2.13. The van der Waals surface area contributed by atoms with Gasteiger partial charge in [-0.25, -0.2) is 13.2 Å². The second-order valence-electron chi connectivity index (χ2n) is 5.05. The molecule has 3 N–H and O–H groups in total. The van der Waals surface area contributed by atoms with Gasteiger partial charge in [0.1, 0.15) is 10.6 Å². The van der Waals surface area contributed by atoms with E-state index in [-0.39, 0.29) is 10.6 Å². The Morgan fingerprint density at radius 3 is 2.78 bits per heavy atom. The summed E-state index contributed by atoms with van der Waals surface area (Å²) in [4.78, 5) is 17.3. The topological polar surface area (TPSA) is 112 Å². The molecule has 0 saturated carbocycles. The van der Waals surface area contributed by atoms with E-state index in [1.165, 1.54) is 0 Å². The molecule has 0 radical (unpaired) electrons. The fourth-order valence-corrected chi connectivity index (χ4v) is 3.33. The van der Waals surface area contributed by atoms with Crippen LogP contribution in [0.25, 0.3) is 10.9 Å². The normalized spacial score (nSPS) is 11.5. The molecule has 0 aliphatic heterocycles. The Kier molecular flexibility index (Phi) is 3.53. The zero-order valence-electron chi connectivity index (χ0n) is 12.1. The van der Waals surface area contributed by atoms with E-state index in [1.54, 1.807) is 18.3 Å². The molecule has 0 amide bonds. The fraction of sp³-hybridized carbons (Fsp3) is 0.0667. The number of sulfonamides is 1. The van der Waals surface area contributed by atoms with E-state index in [1.807, 2.05) is 19.1 Å². The van der Waals surface area contributed by atoms with E-state index in [0.717, 1.165) is 23.2 Å². The molecule has 3 rings (SSSR count). The zero-order chi connectivity index (χ0) is 16.6. The van der Waals surface area contributed by atoms with E-state index in [9.17, 15) is 13.2 Å². The summed E-state index contributed by atoms with van der Waals surface area (Å²) < 4.78 is 27.3. The van der Waals surface area contributed by atoms with Crippen LogP contribution in [-0.4, -0.2) is 29.5 Å². The number of benzene rings is 1. The number of hydrogen-bond acceptors (Lipinski definition) is 4. The third-order valence-corrected chi connectivity index (χ3v) is 4.64. The summed E-state index contributed by atoms with van der Waals surface area (Å²) in [7, 11) is -3.92. The van der Waals surface area contributed by atoms with Crippen LogP contribution in [0.15, 0.2) is 47.6 Å². The standard InChI is InChI=1S/C15H13N3O4S/c1-9-5-10-3-2-4-16-14(10)12(6-9)18-23(21,22)11-7-13(15(19)20)17-8-11/h2-8,17-18H,1H3,(H,19,20). The van der Waals surface area contributed by atoms with Crippen LogP contribution in [0.4, 0.5) is 5.69 Å². The average molecular weight is 331 g/mol. The molecule has 118 valence electrons. The molecule has 3 aromatic rings. The Morgan fingerprint density at radius 1 is 1.30 bits per heavy atom. The molecular weight excluding hydrogens is 318 g/mol. The molecule has 2 heterocycles. The molecule has 2 aromatic heterocycles. The molecule has 0 fully saturated rings. The maximum atomic E-state index is 12.4. The number of nitrogens with one attached hydrogen (secondary N) is 2. The summed E-state index contributed by atoms with van der Waals surface area (Å²) >= 11 is 0. The van der Waals surface area contributed by atoms with E-state index in [4.69, 9.17) is 5.11 Å². The molecule has 0 spiro atoms. The van der Waals surface area contributed by atoms with Gasteiger partial charge < -0.3 is 10.1 Å². The number of aryl methyl sites for hydroxylation is 1. The van der Waals surface area contributed by atoms with E-state index in [0.29, 0.717) is 11.2 Å². The minimum atomic E-state index is -3.92.